The van der Waals surface area contributed by atoms with Crippen molar-refractivity contribution in [3.63, 3.8) is 0 Å². The highest BCUT2D eigenvalue weighted by molar-refractivity contribution is 7.99. The van der Waals surface area contributed by atoms with Crippen molar-refractivity contribution in [3.8, 4) is 17.1 Å². The maximum atomic E-state index is 12.5. The highest BCUT2D eigenvalue weighted by Crippen LogP contribution is 2.35. The smallest absolute Gasteiger partial charge is 0.250 e. The monoisotopic (exact) mass is 463 g/mol. The summed E-state index contributed by atoms with van der Waals surface area (Å²) in [6.07, 6.45) is 5.86. The number of hydrazone groups is 1. The SMILES string of the molecule is C/C(=N/NC(=O)CSc1nnc(-c2ccc(C)cc2)n1C1CCCCC1)c1cccc(O)c1. The molecule has 0 radical (unpaired) electrons. The molecule has 4 rings (SSSR count). The van der Waals surface area contributed by atoms with Crippen LogP contribution in [-0.4, -0.2) is 37.2 Å². The van der Waals surface area contributed by atoms with E-state index in [1.165, 1.54) is 36.6 Å². The quantitative estimate of drug-likeness (QED) is 0.289. The zero-order valence-electron chi connectivity index (χ0n) is 19.0. The minimum Gasteiger partial charge on any atom is -0.508 e. The molecule has 1 saturated carbocycles. The van der Waals surface area contributed by atoms with Gasteiger partial charge < -0.3 is 5.11 Å². The van der Waals surface area contributed by atoms with Crippen molar-refractivity contribution >= 4 is 23.4 Å². The molecule has 1 heterocycles. The Balaban J connectivity index is 1.47. The summed E-state index contributed by atoms with van der Waals surface area (Å²) in [6, 6.07) is 15.5. The van der Waals surface area contributed by atoms with Crippen LogP contribution >= 0.6 is 11.8 Å². The number of thioether (sulfide) groups is 1. The summed E-state index contributed by atoms with van der Waals surface area (Å²) < 4.78 is 2.23. The molecule has 1 aromatic heterocycles. The molecule has 0 aliphatic heterocycles. The van der Waals surface area contributed by atoms with Gasteiger partial charge in [-0.15, -0.1) is 10.2 Å². The number of aryl methyl sites for hydroxylation is 1. The van der Waals surface area contributed by atoms with Gasteiger partial charge in [-0.1, -0.05) is 73.0 Å². The summed E-state index contributed by atoms with van der Waals surface area (Å²) in [4.78, 5) is 12.5. The van der Waals surface area contributed by atoms with Crippen molar-refractivity contribution < 1.29 is 9.90 Å². The summed E-state index contributed by atoms with van der Waals surface area (Å²) in [7, 11) is 0. The number of carbonyl (C=O) groups is 1. The van der Waals surface area contributed by atoms with E-state index in [-0.39, 0.29) is 17.4 Å². The fourth-order valence-electron chi connectivity index (χ4n) is 4.05. The maximum Gasteiger partial charge on any atom is 0.250 e. The van der Waals surface area contributed by atoms with Crippen LogP contribution in [0.25, 0.3) is 11.4 Å². The fourth-order valence-corrected chi connectivity index (χ4v) is 4.85. The Morgan fingerprint density at radius 2 is 1.91 bits per heavy atom. The van der Waals surface area contributed by atoms with Crippen molar-refractivity contribution in [2.45, 2.75) is 57.1 Å². The predicted octanol–water partition coefficient (Wildman–Crippen LogP) is 5.10. The molecule has 0 spiro atoms. The third kappa shape index (κ3) is 5.82. The third-order valence-corrected chi connectivity index (χ3v) is 6.80. The van der Waals surface area contributed by atoms with Gasteiger partial charge in [-0.3, -0.25) is 9.36 Å². The average molecular weight is 464 g/mol. The van der Waals surface area contributed by atoms with Gasteiger partial charge in [0.15, 0.2) is 11.0 Å². The molecule has 0 unspecified atom stereocenters. The van der Waals surface area contributed by atoms with Gasteiger partial charge in [0.1, 0.15) is 5.75 Å². The van der Waals surface area contributed by atoms with Gasteiger partial charge in [0.2, 0.25) is 0 Å². The summed E-state index contributed by atoms with van der Waals surface area (Å²) in [5, 5.41) is 23.5. The Hall–Kier alpha value is -3.13. The van der Waals surface area contributed by atoms with E-state index >= 15 is 0 Å². The van der Waals surface area contributed by atoms with Crippen molar-refractivity contribution in [2.75, 3.05) is 5.75 Å². The van der Waals surface area contributed by atoms with Crippen LogP contribution in [0.2, 0.25) is 0 Å². The van der Waals surface area contributed by atoms with Crippen molar-refractivity contribution in [1.29, 1.82) is 0 Å². The van der Waals surface area contributed by atoms with E-state index in [9.17, 15) is 9.90 Å². The molecular formula is C25H29N5O2S. The largest absolute Gasteiger partial charge is 0.508 e. The van der Waals surface area contributed by atoms with Crippen LogP contribution in [-0.2, 0) is 4.79 Å². The lowest BCUT2D eigenvalue weighted by Gasteiger charge is -2.25. The van der Waals surface area contributed by atoms with Crippen molar-refractivity contribution in [2.24, 2.45) is 5.10 Å². The molecule has 0 saturated heterocycles. The van der Waals surface area contributed by atoms with E-state index in [0.29, 0.717) is 11.8 Å². The molecular weight excluding hydrogens is 434 g/mol. The lowest BCUT2D eigenvalue weighted by molar-refractivity contribution is -0.118. The Morgan fingerprint density at radius 1 is 1.15 bits per heavy atom. The summed E-state index contributed by atoms with van der Waals surface area (Å²) in [6.45, 7) is 3.86. The zero-order chi connectivity index (χ0) is 23.2. The van der Waals surface area contributed by atoms with Crippen LogP contribution in [0, 0.1) is 6.92 Å². The summed E-state index contributed by atoms with van der Waals surface area (Å²) >= 11 is 1.39. The van der Waals surface area contributed by atoms with Crippen LogP contribution in [0.4, 0.5) is 0 Å². The van der Waals surface area contributed by atoms with Gasteiger partial charge in [-0.2, -0.15) is 5.10 Å². The second-order valence-electron chi connectivity index (χ2n) is 8.41. The summed E-state index contributed by atoms with van der Waals surface area (Å²) in [5.74, 6) is 1.00. The number of nitrogens with one attached hydrogen (secondary N) is 1. The van der Waals surface area contributed by atoms with Gasteiger partial charge >= 0.3 is 0 Å². The topological polar surface area (TPSA) is 92.4 Å². The first-order valence-corrected chi connectivity index (χ1v) is 12.3. The standard InChI is InChI=1S/C25H29N5O2S/c1-17-11-13-19(14-12-17)24-28-29-25(30(24)21-8-4-3-5-9-21)33-16-23(32)27-26-18(2)20-7-6-10-22(31)15-20/h6-7,10-15,21,31H,3-5,8-9,16H2,1-2H3,(H,27,32)/b26-18-. The van der Waals surface area contributed by atoms with Gasteiger partial charge in [-0.05, 0) is 38.8 Å². The number of aromatic nitrogens is 3. The Bertz CT molecular complexity index is 1130. The number of phenols is 1. The molecule has 3 aromatic rings. The lowest BCUT2D eigenvalue weighted by atomic mass is 9.95. The molecule has 33 heavy (non-hydrogen) atoms. The van der Waals surface area contributed by atoms with Crippen LogP contribution in [0.5, 0.6) is 5.75 Å². The molecule has 1 fully saturated rings. The van der Waals surface area contributed by atoms with E-state index in [2.05, 4.69) is 56.5 Å². The van der Waals surface area contributed by atoms with Crippen LogP contribution < -0.4 is 5.43 Å². The van der Waals surface area contributed by atoms with Gasteiger partial charge in [-0.25, -0.2) is 5.43 Å². The Labute approximate surface area is 198 Å². The average Bonchev–Trinajstić information content (AvgIpc) is 3.26. The minimum atomic E-state index is -0.213. The molecule has 2 N–H and O–H groups in total. The number of phenolic OH excluding ortho intramolecular Hbond substituents is 1. The number of aromatic hydroxyl groups is 1. The predicted molar refractivity (Wildman–Crippen MR) is 132 cm³/mol. The first kappa shape index (κ1) is 23.0. The van der Waals surface area contributed by atoms with Crippen molar-refractivity contribution in [3.05, 3.63) is 59.7 Å². The molecule has 8 heteroatoms. The second-order valence-corrected chi connectivity index (χ2v) is 9.35. The molecule has 0 atom stereocenters. The molecule has 1 aliphatic rings. The number of benzene rings is 2. The first-order chi connectivity index (χ1) is 16.0. The van der Waals surface area contributed by atoms with Gasteiger partial charge in [0.25, 0.3) is 5.91 Å². The molecule has 1 amide bonds. The zero-order valence-corrected chi connectivity index (χ0v) is 19.8. The van der Waals surface area contributed by atoms with E-state index < -0.39 is 0 Å². The highest BCUT2D eigenvalue weighted by atomic mass is 32.2. The van der Waals surface area contributed by atoms with E-state index in [4.69, 9.17) is 0 Å². The third-order valence-electron chi connectivity index (χ3n) is 5.86. The number of amides is 1. The van der Waals surface area contributed by atoms with Crippen LogP contribution in [0.3, 0.4) is 0 Å². The minimum absolute atomic E-state index is 0.162. The molecule has 172 valence electrons. The summed E-state index contributed by atoms with van der Waals surface area (Å²) in [5.41, 5.74) is 6.22. The molecule has 1 aliphatic carbocycles. The van der Waals surface area contributed by atoms with Gasteiger partial charge in [0.05, 0.1) is 11.5 Å². The van der Waals surface area contributed by atoms with E-state index in [1.807, 2.05) is 6.07 Å². The first-order valence-electron chi connectivity index (χ1n) is 11.3. The number of carbonyl (C=O) groups excluding carboxylic acids is 1. The lowest BCUT2D eigenvalue weighted by Crippen LogP contribution is -2.22. The maximum absolute atomic E-state index is 12.5. The fraction of sp³-hybridized carbons (Fsp3) is 0.360. The van der Waals surface area contributed by atoms with E-state index in [0.717, 1.165) is 34.9 Å². The van der Waals surface area contributed by atoms with Crippen LogP contribution in [0.15, 0.2) is 58.8 Å². The number of rotatable bonds is 7. The second kappa shape index (κ2) is 10.7. The van der Waals surface area contributed by atoms with Gasteiger partial charge in [0, 0.05) is 17.2 Å². The van der Waals surface area contributed by atoms with Crippen molar-refractivity contribution in [1.82, 2.24) is 20.2 Å². The Kier molecular flexibility index (Phi) is 7.44. The Morgan fingerprint density at radius 3 is 2.64 bits per heavy atom. The number of hydrogen-bond donors (Lipinski definition) is 2. The highest BCUT2D eigenvalue weighted by Gasteiger charge is 2.24. The normalized spacial score (nSPS) is 14.9. The molecule has 7 nitrogen and oxygen atoms in total. The van der Waals surface area contributed by atoms with Crippen LogP contribution in [0.1, 0.15) is 56.2 Å². The molecule has 2 aromatic carbocycles. The number of hydrogen-bond acceptors (Lipinski definition) is 6. The number of nitrogens with zero attached hydrogens (tertiary/aromatic N) is 4. The van der Waals surface area contributed by atoms with E-state index in [1.54, 1.807) is 25.1 Å². The molecule has 0 bridgehead atoms.